The molecule has 2 aromatic heterocycles. The second-order valence-electron chi connectivity index (χ2n) is 9.37. The third-order valence-corrected chi connectivity index (χ3v) is 8.66. The van der Waals surface area contributed by atoms with Crippen LogP contribution in [-0.2, 0) is 9.59 Å². The summed E-state index contributed by atoms with van der Waals surface area (Å²) in [6.45, 7) is 0.927. The first kappa shape index (κ1) is 31.6. The summed E-state index contributed by atoms with van der Waals surface area (Å²) in [5.41, 5.74) is 0. The summed E-state index contributed by atoms with van der Waals surface area (Å²) in [4.78, 5) is 47.2. The molecule has 0 fully saturated rings. The fourth-order valence-electron chi connectivity index (χ4n) is 4.14. The van der Waals surface area contributed by atoms with E-state index in [-0.39, 0.29) is 76.0 Å². The van der Waals surface area contributed by atoms with Crippen LogP contribution in [-0.4, -0.2) is 61.2 Å². The summed E-state index contributed by atoms with van der Waals surface area (Å²) in [6.07, 6.45) is -0.801. The number of carboxylic acids is 2. The molecule has 0 aliphatic carbocycles. The van der Waals surface area contributed by atoms with Crippen molar-refractivity contribution in [2.75, 3.05) is 27.4 Å². The molecule has 0 saturated carbocycles. The number of ether oxygens (including phenoxy) is 4. The van der Waals surface area contributed by atoms with Crippen LogP contribution in [0.15, 0.2) is 24.3 Å². The Morgan fingerprint density at radius 2 is 1.23 bits per heavy atom. The SMILES string of the molecule is COc1cc2sc(C(=O)CCC(=O)O)cc2c(F)c1OCCOc1c(OC)cc2sc(C(=O)CC(C)C(=O)O)cc2c1F. The third-order valence-electron chi connectivity index (χ3n) is 6.41. The number of hydrogen-bond donors (Lipinski definition) is 2. The van der Waals surface area contributed by atoms with Crippen LogP contribution in [0.3, 0.4) is 0 Å². The molecule has 4 aromatic rings. The molecule has 14 heteroatoms. The van der Waals surface area contributed by atoms with Crippen molar-refractivity contribution >= 4 is 66.4 Å². The van der Waals surface area contributed by atoms with Crippen LogP contribution in [0.25, 0.3) is 20.2 Å². The van der Waals surface area contributed by atoms with Crippen LogP contribution in [0.5, 0.6) is 23.0 Å². The van der Waals surface area contributed by atoms with Crippen LogP contribution in [0.4, 0.5) is 8.78 Å². The smallest absolute Gasteiger partial charge is 0.306 e. The van der Waals surface area contributed by atoms with Crippen LogP contribution in [0.2, 0.25) is 0 Å². The van der Waals surface area contributed by atoms with Gasteiger partial charge in [0.2, 0.25) is 0 Å². The number of benzene rings is 2. The van der Waals surface area contributed by atoms with E-state index in [0.717, 1.165) is 22.7 Å². The molecular formula is C29H26F2O10S2. The first-order valence-electron chi connectivity index (χ1n) is 12.8. The van der Waals surface area contributed by atoms with E-state index in [2.05, 4.69) is 0 Å². The van der Waals surface area contributed by atoms with Crippen molar-refractivity contribution in [1.82, 2.24) is 0 Å². The lowest BCUT2D eigenvalue weighted by Gasteiger charge is -2.14. The second kappa shape index (κ2) is 13.3. The lowest BCUT2D eigenvalue weighted by atomic mass is 10.0. The summed E-state index contributed by atoms with van der Waals surface area (Å²) in [5.74, 6) is -5.96. The maximum absolute atomic E-state index is 15.5. The topological polar surface area (TPSA) is 146 Å². The van der Waals surface area contributed by atoms with Gasteiger partial charge in [0.25, 0.3) is 0 Å². The maximum Gasteiger partial charge on any atom is 0.306 e. The molecule has 0 aliphatic heterocycles. The van der Waals surface area contributed by atoms with E-state index in [0.29, 0.717) is 9.40 Å². The molecule has 2 N–H and O–H groups in total. The van der Waals surface area contributed by atoms with Crippen molar-refractivity contribution in [2.24, 2.45) is 5.92 Å². The molecular weight excluding hydrogens is 610 g/mol. The number of fused-ring (bicyclic) bond motifs is 2. The molecule has 0 saturated heterocycles. The van der Waals surface area contributed by atoms with Crippen molar-refractivity contribution in [2.45, 2.75) is 26.2 Å². The summed E-state index contributed by atoms with van der Waals surface area (Å²) in [6, 6.07) is 5.67. The van der Waals surface area contributed by atoms with Gasteiger partial charge in [-0.25, -0.2) is 8.78 Å². The molecule has 0 spiro atoms. The maximum atomic E-state index is 15.5. The molecule has 0 amide bonds. The molecule has 4 rings (SSSR count). The van der Waals surface area contributed by atoms with Gasteiger partial charge in [0.05, 0.1) is 36.3 Å². The van der Waals surface area contributed by atoms with E-state index in [1.807, 2.05) is 0 Å². The van der Waals surface area contributed by atoms with E-state index >= 15 is 8.78 Å². The van der Waals surface area contributed by atoms with Gasteiger partial charge in [-0.15, -0.1) is 22.7 Å². The van der Waals surface area contributed by atoms with Crippen LogP contribution in [0.1, 0.15) is 45.5 Å². The summed E-state index contributed by atoms with van der Waals surface area (Å²) in [5, 5.41) is 18.1. The number of aliphatic carboxylic acids is 2. The number of hydrogen-bond acceptors (Lipinski definition) is 10. The normalized spacial score (nSPS) is 11.8. The molecule has 0 bridgehead atoms. The zero-order chi connectivity index (χ0) is 31.4. The van der Waals surface area contributed by atoms with Gasteiger partial charge in [-0.1, -0.05) is 6.92 Å². The Labute approximate surface area is 251 Å². The average molecular weight is 637 g/mol. The Kier molecular flexibility index (Phi) is 9.81. The quantitative estimate of drug-likeness (QED) is 0.114. The fraction of sp³-hybridized carbons (Fsp3) is 0.310. The Morgan fingerprint density at radius 1 is 0.767 bits per heavy atom. The van der Waals surface area contributed by atoms with Gasteiger partial charge >= 0.3 is 11.9 Å². The minimum Gasteiger partial charge on any atom is -0.493 e. The third kappa shape index (κ3) is 6.86. The predicted octanol–water partition coefficient (Wildman–Crippen LogP) is 6.21. The van der Waals surface area contributed by atoms with Crippen LogP contribution >= 0.6 is 22.7 Å². The van der Waals surface area contributed by atoms with Gasteiger partial charge in [0, 0.05) is 45.1 Å². The minimum absolute atomic E-state index is 0.0494. The number of ketones is 2. The number of carbonyl (C=O) groups is 4. The largest absolute Gasteiger partial charge is 0.493 e. The van der Waals surface area contributed by atoms with E-state index in [1.165, 1.54) is 45.4 Å². The van der Waals surface area contributed by atoms with Crippen LogP contribution < -0.4 is 18.9 Å². The molecule has 0 aliphatic rings. The zero-order valence-electron chi connectivity index (χ0n) is 23.2. The average Bonchev–Trinajstić information content (AvgIpc) is 3.60. The Balaban J connectivity index is 1.50. The van der Waals surface area contributed by atoms with Gasteiger partial charge in [0.15, 0.2) is 46.2 Å². The van der Waals surface area contributed by atoms with Gasteiger partial charge in [-0.2, -0.15) is 0 Å². The monoisotopic (exact) mass is 636 g/mol. The highest BCUT2D eigenvalue weighted by atomic mass is 32.1. The van der Waals surface area contributed by atoms with Gasteiger partial charge in [-0.3, -0.25) is 19.2 Å². The lowest BCUT2D eigenvalue weighted by Crippen LogP contribution is -2.14. The Bertz CT molecular complexity index is 1730. The molecule has 1 unspecified atom stereocenters. The van der Waals surface area contributed by atoms with Gasteiger partial charge in [0.1, 0.15) is 13.2 Å². The second-order valence-corrected chi connectivity index (χ2v) is 11.5. The molecule has 2 aromatic carbocycles. The van der Waals surface area contributed by atoms with Crippen molar-refractivity contribution in [3.63, 3.8) is 0 Å². The fourth-order valence-corrected chi connectivity index (χ4v) is 6.23. The molecule has 43 heavy (non-hydrogen) atoms. The molecule has 10 nitrogen and oxygen atoms in total. The summed E-state index contributed by atoms with van der Waals surface area (Å²) in [7, 11) is 2.63. The van der Waals surface area contributed by atoms with Crippen molar-refractivity contribution in [1.29, 1.82) is 0 Å². The first-order valence-corrected chi connectivity index (χ1v) is 14.4. The predicted molar refractivity (Wildman–Crippen MR) is 155 cm³/mol. The molecule has 228 valence electrons. The van der Waals surface area contributed by atoms with Crippen molar-refractivity contribution in [3.8, 4) is 23.0 Å². The standard InChI is InChI=1S/C29H26F2O10S2/c1-13(29(36)37)8-17(33)23-10-15-21(43-23)12-19(39-3)28(26(15)31)41-7-6-40-27-18(38-2)11-20-14(25(27)30)9-22(42-20)16(32)4-5-24(34)35/h9-13H,4-8H2,1-3H3,(H,34,35)(H,36,37). The number of methoxy groups -OCH3 is 2. The highest BCUT2D eigenvalue weighted by Gasteiger charge is 2.24. The number of halogens is 2. The van der Waals surface area contributed by atoms with E-state index in [1.54, 1.807) is 0 Å². The Hall–Kier alpha value is -4.30. The van der Waals surface area contributed by atoms with Crippen LogP contribution in [0, 0.1) is 17.6 Å². The minimum atomic E-state index is -1.12. The number of carbonyl (C=O) groups excluding carboxylic acids is 2. The van der Waals surface area contributed by atoms with Gasteiger partial charge < -0.3 is 29.2 Å². The lowest BCUT2D eigenvalue weighted by molar-refractivity contribution is -0.141. The zero-order valence-corrected chi connectivity index (χ0v) is 24.8. The summed E-state index contributed by atoms with van der Waals surface area (Å²) < 4.78 is 53.4. The highest BCUT2D eigenvalue weighted by Crippen LogP contribution is 2.42. The number of Topliss-reactive ketones (excluding diaryl/α,β-unsaturated/α-hetero) is 2. The van der Waals surface area contributed by atoms with Gasteiger partial charge in [-0.05, 0) is 12.1 Å². The first-order chi connectivity index (χ1) is 20.4. The number of thiophene rings is 2. The van der Waals surface area contributed by atoms with E-state index in [9.17, 15) is 19.2 Å². The number of rotatable bonds is 15. The molecule has 0 radical (unpaired) electrons. The van der Waals surface area contributed by atoms with Crippen molar-refractivity contribution in [3.05, 3.63) is 45.7 Å². The summed E-state index contributed by atoms with van der Waals surface area (Å²) >= 11 is 2.01. The highest BCUT2D eigenvalue weighted by molar-refractivity contribution is 7.21. The van der Waals surface area contributed by atoms with E-state index < -0.39 is 41.1 Å². The number of carboxylic acid groups (broad SMARTS) is 2. The van der Waals surface area contributed by atoms with E-state index in [4.69, 9.17) is 29.2 Å². The molecule has 1 atom stereocenters. The molecule has 2 heterocycles. The Morgan fingerprint density at radius 3 is 1.65 bits per heavy atom. The van der Waals surface area contributed by atoms with Crippen molar-refractivity contribution < 1.29 is 57.1 Å².